The molecule has 0 aliphatic carbocycles. The van der Waals surface area contributed by atoms with Crippen molar-refractivity contribution in [2.24, 2.45) is 0 Å². The van der Waals surface area contributed by atoms with Crippen LogP contribution in [0.4, 0.5) is 11.4 Å². The number of hydrogen-bond donors (Lipinski definition) is 1. The summed E-state index contributed by atoms with van der Waals surface area (Å²) in [4.78, 5) is 6.60. The maximum atomic E-state index is 4.41. The van der Waals surface area contributed by atoms with E-state index in [-0.39, 0.29) is 0 Å². The summed E-state index contributed by atoms with van der Waals surface area (Å²) in [5.41, 5.74) is 3.40. The molecule has 0 radical (unpaired) electrons. The fraction of sp³-hybridized carbons (Fsp3) is 0.267. The molecule has 0 aliphatic heterocycles. The van der Waals surface area contributed by atoms with E-state index in [1.165, 1.54) is 5.69 Å². The molecular formula is C15H19N3. The van der Waals surface area contributed by atoms with Crippen LogP contribution in [-0.2, 0) is 6.54 Å². The number of rotatable bonds is 5. The number of anilines is 2. The van der Waals surface area contributed by atoms with Gasteiger partial charge in [0.1, 0.15) is 0 Å². The number of para-hydroxylation sites is 1. The minimum atomic E-state index is 0.809. The van der Waals surface area contributed by atoms with Gasteiger partial charge in [-0.05, 0) is 31.2 Å². The molecule has 0 bridgehead atoms. The molecule has 3 nitrogen and oxygen atoms in total. The van der Waals surface area contributed by atoms with Crippen molar-refractivity contribution < 1.29 is 0 Å². The summed E-state index contributed by atoms with van der Waals surface area (Å²) in [5, 5.41) is 3.30. The quantitative estimate of drug-likeness (QED) is 0.871. The van der Waals surface area contributed by atoms with Crippen LogP contribution in [-0.4, -0.2) is 18.6 Å². The first-order valence-electron chi connectivity index (χ1n) is 6.24. The Morgan fingerprint density at radius 2 is 1.94 bits per heavy atom. The summed E-state index contributed by atoms with van der Waals surface area (Å²) in [6, 6.07) is 14.4. The molecule has 0 saturated heterocycles. The summed E-state index contributed by atoms with van der Waals surface area (Å²) in [6.07, 6.45) is 1.85. The second-order valence-corrected chi connectivity index (χ2v) is 4.26. The Bertz CT molecular complexity index is 482. The van der Waals surface area contributed by atoms with Crippen molar-refractivity contribution in [2.75, 3.05) is 23.8 Å². The maximum absolute atomic E-state index is 4.41. The smallest absolute Gasteiger partial charge is 0.0617 e. The molecule has 1 aromatic heterocycles. The molecule has 0 spiro atoms. The predicted molar refractivity (Wildman–Crippen MR) is 76.9 cm³/mol. The molecule has 18 heavy (non-hydrogen) atoms. The van der Waals surface area contributed by atoms with Gasteiger partial charge in [0.25, 0.3) is 0 Å². The molecule has 1 N–H and O–H groups in total. The molecule has 94 valence electrons. The van der Waals surface area contributed by atoms with E-state index >= 15 is 0 Å². The third-order valence-corrected chi connectivity index (χ3v) is 2.79. The number of aromatic nitrogens is 1. The molecule has 0 fully saturated rings. The Labute approximate surface area is 108 Å². The van der Waals surface area contributed by atoms with E-state index in [0.29, 0.717) is 0 Å². The molecule has 2 aromatic rings. The van der Waals surface area contributed by atoms with Crippen molar-refractivity contribution >= 4 is 11.4 Å². The van der Waals surface area contributed by atoms with E-state index in [0.717, 1.165) is 24.5 Å². The molecule has 0 atom stereocenters. The fourth-order valence-corrected chi connectivity index (χ4v) is 1.90. The van der Waals surface area contributed by atoms with Gasteiger partial charge in [-0.3, -0.25) is 4.98 Å². The Morgan fingerprint density at radius 3 is 2.67 bits per heavy atom. The number of benzene rings is 1. The van der Waals surface area contributed by atoms with Crippen molar-refractivity contribution in [2.45, 2.75) is 13.5 Å². The highest BCUT2D eigenvalue weighted by Crippen LogP contribution is 2.15. The maximum Gasteiger partial charge on any atom is 0.0617 e. The third kappa shape index (κ3) is 3.23. The highest BCUT2D eigenvalue weighted by molar-refractivity contribution is 5.47. The van der Waals surface area contributed by atoms with Crippen LogP contribution in [0.25, 0.3) is 0 Å². The zero-order valence-electron chi connectivity index (χ0n) is 10.9. The Hall–Kier alpha value is -2.03. The minimum absolute atomic E-state index is 0.809. The lowest BCUT2D eigenvalue weighted by Gasteiger charge is -2.19. The van der Waals surface area contributed by atoms with Gasteiger partial charge >= 0.3 is 0 Å². The van der Waals surface area contributed by atoms with Gasteiger partial charge in [-0.15, -0.1) is 0 Å². The number of nitrogens with one attached hydrogen (secondary N) is 1. The van der Waals surface area contributed by atoms with Gasteiger partial charge in [0.05, 0.1) is 12.2 Å². The molecule has 3 heteroatoms. The highest BCUT2D eigenvalue weighted by Gasteiger charge is 2.03. The van der Waals surface area contributed by atoms with Crippen LogP contribution in [0, 0.1) is 0 Å². The van der Waals surface area contributed by atoms with E-state index < -0.39 is 0 Å². The minimum Gasteiger partial charge on any atom is -0.385 e. The molecule has 1 aromatic carbocycles. The molecule has 0 unspecified atom stereocenters. The van der Waals surface area contributed by atoms with Gasteiger partial charge in [0.2, 0.25) is 0 Å². The van der Waals surface area contributed by atoms with Gasteiger partial charge in [-0.1, -0.05) is 18.2 Å². The fourth-order valence-electron chi connectivity index (χ4n) is 1.90. The summed E-state index contributed by atoms with van der Waals surface area (Å²) in [7, 11) is 2.08. The normalized spacial score (nSPS) is 10.1. The topological polar surface area (TPSA) is 28.2 Å². The van der Waals surface area contributed by atoms with Crippen molar-refractivity contribution in [3.63, 3.8) is 0 Å². The zero-order valence-corrected chi connectivity index (χ0v) is 10.9. The number of nitrogens with zero attached hydrogens (tertiary/aromatic N) is 2. The van der Waals surface area contributed by atoms with Crippen molar-refractivity contribution in [3.8, 4) is 0 Å². The van der Waals surface area contributed by atoms with Crippen LogP contribution in [0.1, 0.15) is 12.6 Å². The van der Waals surface area contributed by atoms with E-state index in [1.807, 2.05) is 30.5 Å². The van der Waals surface area contributed by atoms with Gasteiger partial charge in [0, 0.05) is 31.2 Å². The Morgan fingerprint density at radius 1 is 1.17 bits per heavy atom. The zero-order chi connectivity index (χ0) is 12.8. The SMILES string of the molecule is CCNc1ccnc(CN(C)c2ccccc2)c1. The summed E-state index contributed by atoms with van der Waals surface area (Å²) in [6.45, 7) is 3.83. The van der Waals surface area contributed by atoms with Crippen LogP contribution in [0.3, 0.4) is 0 Å². The van der Waals surface area contributed by atoms with Crippen LogP contribution < -0.4 is 10.2 Å². The van der Waals surface area contributed by atoms with Crippen molar-refractivity contribution in [1.82, 2.24) is 4.98 Å². The van der Waals surface area contributed by atoms with E-state index in [4.69, 9.17) is 0 Å². The van der Waals surface area contributed by atoms with Gasteiger partial charge in [-0.25, -0.2) is 0 Å². The number of hydrogen-bond acceptors (Lipinski definition) is 3. The van der Waals surface area contributed by atoms with Crippen LogP contribution in [0.2, 0.25) is 0 Å². The third-order valence-electron chi connectivity index (χ3n) is 2.79. The molecule has 1 heterocycles. The largest absolute Gasteiger partial charge is 0.385 e. The first-order valence-corrected chi connectivity index (χ1v) is 6.24. The first kappa shape index (κ1) is 12.4. The van der Waals surface area contributed by atoms with Crippen molar-refractivity contribution in [3.05, 3.63) is 54.4 Å². The van der Waals surface area contributed by atoms with Crippen LogP contribution in [0.15, 0.2) is 48.7 Å². The molecule has 2 rings (SSSR count). The first-order chi connectivity index (χ1) is 8.79. The Balaban J connectivity index is 2.07. The van der Waals surface area contributed by atoms with Crippen LogP contribution >= 0.6 is 0 Å². The Kier molecular flexibility index (Phi) is 4.18. The molecule has 0 amide bonds. The van der Waals surface area contributed by atoms with E-state index in [2.05, 4.69) is 47.4 Å². The average molecular weight is 241 g/mol. The monoisotopic (exact) mass is 241 g/mol. The summed E-state index contributed by atoms with van der Waals surface area (Å²) < 4.78 is 0. The average Bonchev–Trinajstić information content (AvgIpc) is 2.40. The molecule has 0 aliphatic rings. The lowest BCUT2D eigenvalue weighted by Crippen LogP contribution is -2.17. The lowest BCUT2D eigenvalue weighted by atomic mass is 10.2. The standard InChI is InChI=1S/C15H19N3/c1-3-16-13-9-10-17-14(11-13)12-18(2)15-7-5-4-6-8-15/h4-11H,3,12H2,1-2H3,(H,16,17). The second-order valence-electron chi connectivity index (χ2n) is 4.26. The lowest BCUT2D eigenvalue weighted by molar-refractivity contribution is 0.885. The van der Waals surface area contributed by atoms with Crippen LogP contribution in [0.5, 0.6) is 0 Å². The summed E-state index contributed by atoms with van der Waals surface area (Å²) in [5.74, 6) is 0. The molecule has 0 saturated carbocycles. The van der Waals surface area contributed by atoms with Gasteiger partial charge < -0.3 is 10.2 Å². The van der Waals surface area contributed by atoms with Gasteiger partial charge in [0.15, 0.2) is 0 Å². The number of pyridine rings is 1. The van der Waals surface area contributed by atoms with Crippen molar-refractivity contribution in [1.29, 1.82) is 0 Å². The van der Waals surface area contributed by atoms with E-state index in [1.54, 1.807) is 0 Å². The molecular weight excluding hydrogens is 222 g/mol. The van der Waals surface area contributed by atoms with Gasteiger partial charge in [-0.2, -0.15) is 0 Å². The van der Waals surface area contributed by atoms with E-state index in [9.17, 15) is 0 Å². The second kappa shape index (κ2) is 6.05. The summed E-state index contributed by atoms with van der Waals surface area (Å²) >= 11 is 0. The highest BCUT2D eigenvalue weighted by atomic mass is 15.1. The predicted octanol–water partition coefficient (Wildman–Crippen LogP) is 3.15.